The van der Waals surface area contributed by atoms with Gasteiger partial charge in [-0.1, -0.05) is 5.92 Å². The third kappa shape index (κ3) is 9.25. The monoisotopic (exact) mass is 200 g/mol. The van der Waals surface area contributed by atoms with E-state index in [1.165, 1.54) is 0 Å². The third-order valence-electron chi connectivity index (χ3n) is 1.36. The van der Waals surface area contributed by atoms with Crippen LogP contribution in [0.25, 0.3) is 0 Å². The fourth-order valence-electron chi connectivity index (χ4n) is 0.755. The smallest absolute Gasteiger partial charge is 0.233 e. The number of terminal acetylenes is 1. The molecule has 0 aliphatic rings. The minimum absolute atomic E-state index is 0.0105. The minimum atomic E-state index is 0.0105. The molecule has 0 saturated heterocycles. The van der Waals surface area contributed by atoms with Crippen molar-refractivity contribution >= 4 is 17.7 Å². The molecular formula is C9H16N2OS. The van der Waals surface area contributed by atoms with Crippen LogP contribution in [0.2, 0.25) is 0 Å². The SMILES string of the molecule is C#CCNCC(=O)NCCCSC. The van der Waals surface area contributed by atoms with Gasteiger partial charge in [0.25, 0.3) is 0 Å². The van der Waals surface area contributed by atoms with Crippen molar-refractivity contribution in [2.45, 2.75) is 6.42 Å². The molecule has 0 aromatic rings. The molecule has 0 aromatic heterocycles. The van der Waals surface area contributed by atoms with Crippen LogP contribution in [0.4, 0.5) is 0 Å². The summed E-state index contributed by atoms with van der Waals surface area (Å²) < 4.78 is 0. The molecule has 0 radical (unpaired) electrons. The molecule has 74 valence electrons. The van der Waals surface area contributed by atoms with E-state index in [1.807, 2.05) is 0 Å². The molecule has 13 heavy (non-hydrogen) atoms. The lowest BCUT2D eigenvalue weighted by Crippen LogP contribution is -2.34. The van der Waals surface area contributed by atoms with E-state index in [0.717, 1.165) is 18.7 Å². The highest BCUT2D eigenvalue weighted by molar-refractivity contribution is 7.98. The standard InChI is InChI=1S/C9H16N2OS/c1-3-5-10-8-9(12)11-6-4-7-13-2/h1,10H,4-8H2,2H3,(H,11,12). The Kier molecular flexibility index (Phi) is 8.95. The lowest BCUT2D eigenvalue weighted by atomic mass is 10.4. The Hall–Kier alpha value is -0.660. The first-order chi connectivity index (χ1) is 6.31. The molecule has 2 N–H and O–H groups in total. The van der Waals surface area contributed by atoms with Crippen LogP contribution in [0.5, 0.6) is 0 Å². The normalized spacial score (nSPS) is 9.23. The number of hydrogen-bond acceptors (Lipinski definition) is 3. The van der Waals surface area contributed by atoms with Crippen molar-refractivity contribution in [1.29, 1.82) is 0 Å². The zero-order chi connectivity index (χ0) is 9.94. The summed E-state index contributed by atoms with van der Waals surface area (Å²) in [6, 6.07) is 0. The van der Waals surface area contributed by atoms with Crippen LogP contribution in [0.15, 0.2) is 0 Å². The summed E-state index contributed by atoms with van der Waals surface area (Å²) in [7, 11) is 0. The molecule has 4 heteroatoms. The first-order valence-electron chi connectivity index (χ1n) is 4.21. The summed E-state index contributed by atoms with van der Waals surface area (Å²) in [6.45, 7) is 1.50. The quantitative estimate of drug-likeness (QED) is 0.452. The Balaban J connectivity index is 3.16. The maximum atomic E-state index is 11.0. The van der Waals surface area contributed by atoms with Gasteiger partial charge in [0.05, 0.1) is 13.1 Å². The number of nitrogens with one attached hydrogen (secondary N) is 2. The summed E-state index contributed by atoms with van der Waals surface area (Å²) >= 11 is 1.78. The lowest BCUT2D eigenvalue weighted by Gasteiger charge is -2.03. The molecule has 3 nitrogen and oxygen atoms in total. The first-order valence-corrected chi connectivity index (χ1v) is 5.60. The maximum Gasteiger partial charge on any atom is 0.233 e. The summed E-state index contributed by atoms with van der Waals surface area (Å²) in [5.74, 6) is 3.50. The van der Waals surface area contributed by atoms with Gasteiger partial charge in [0.2, 0.25) is 5.91 Å². The Morgan fingerprint density at radius 2 is 2.38 bits per heavy atom. The average molecular weight is 200 g/mol. The zero-order valence-electron chi connectivity index (χ0n) is 7.93. The summed E-state index contributed by atoms with van der Waals surface area (Å²) in [5, 5.41) is 5.62. The van der Waals surface area contributed by atoms with E-state index in [-0.39, 0.29) is 5.91 Å². The molecule has 0 bridgehead atoms. The van der Waals surface area contributed by atoms with Gasteiger partial charge >= 0.3 is 0 Å². The van der Waals surface area contributed by atoms with Crippen molar-refractivity contribution < 1.29 is 4.79 Å². The predicted molar refractivity (Wildman–Crippen MR) is 57.7 cm³/mol. The molecule has 1 amide bonds. The largest absolute Gasteiger partial charge is 0.355 e. The van der Waals surface area contributed by atoms with Gasteiger partial charge < -0.3 is 5.32 Å². The maximum absolute atomic E-state index is 11.0. The van der Waals surface area contributed by atoms with Crippen LogP contribution >= 0.6 is 11.8 Å². The van der Waals surface area contributed by atoms with E-state index in [9.17, 15) is 4.79 Å². The molecule has 0 aliphatic carbocycles. The molecule has 0 unspecified atom stereocenters. The first kappa shape index (κ1) is 12.3. The van der Waals surface area contributed by atoms with Gasteiger partial charge in [0.1, 0.15) is 0 Å². The van der Waals surface area contributed by atoms with Crippen molar-refractivity contribution in [3.8, 4) is 12.3 Å². The number of amides is 1. The average Bonchev–Trinajstić information content (AvgIpc) is 2.13. The van der Waals surface area contributed by atoms with Crippen LogP contribution in [0, 0.1) is 12.3 Å². The van der Waals surface area contributed by atoms with Crippen molar-refractivity contribution in [3.05, 3.63) is 0 Å². The van der Waals surface area contributed by atoms with Crippen LogP contribution in [0.1, 0.15) is 6.42 Å². The highest BCUT2D eigenvalue weighted by Gasteiger charge is 1.97. The Labute approximate surface area is 84.0 Å². The summed E-state index contributed by atoms with van der Waals surface area (Å²) in [4.78, 5) is 11.0. The van der Waals surface area contributed by atoms with Crippen molar-refractivity contribution in [3.63, 3.8) is 0 Å². The van der Waals surface area contributed by atoms with Gasteiger partial charge in [-0.3, -0.25) is 10.1 Å². The molecule has 0 aromatic carbocycles. The predicted octanol–water partition coefficient (Wildman–Crippen LogP) is 0.0785. The molecule has 0 aliphatic heterocycles. The third-order valence-corrected chi connectivity index (χ3v) is 2.06. The van der Waals surface area contributed by atoms with Crippen LogP contribution in [0.3, 0.4) is 0 Å². The number of hydrogen-bond donors (Lipinski definition) is 2. The van der Waals surface area contributed by atoms with E-state index in [1.54, 1.807) is 11.8 Å². The van der Waals surface area contributed by atoms with Crippen molar-refractivity contribution in [2.75, 3.05) is 31.6 Å². The Morgan fingerprint density at radius 1 is 1.62 bits per heavy atom. The van der Waals surface area contributed by atoms with Crippen LogP contribution in [-0.2, 0) is 4.79 Å². The molecule has 0 heterocycles. The van der Waals surface area contributed by atoms with Gasteiger partial charge in [-0.15, -0.1) is 6.42 Å². The Bertz CT molecular complexity index is 177. The highest BCUT2D eigenvalue weighted by atomic mass is 32.2. The van der Waals surface area contributed by atoms with E-state index in [0.29, 0.717) is 13.1 Å². The van der Waals surface area contributed by atoms with E-state index < -0.39 is 0 Å². The topological polar surface area (TPSA) is 41.1 Å². The number of rotatable bonds is 7. The second kappa shape index (κ2) is 9.43. The molecule has 0 atom stereocenters. The second-order valence-corrected chi connectivity index (χ2v) is 3.49. The van der Waals surface area contributed by atoms with Crippen molar-refractivity contribution in [1.82, 2.24) is 10.6 Å². The van der Waals surface area contributed by atoms with Gasteiger partial charge in [-0.05, 0) is 18.4 Å². The molecule has 0 spiro atoms. The lowest BCUT2D eigenvalue weighted by molar-refractivity contribution is -0.120. The van der Waals surface area contributed by atoms with Gasteiger partial charge in [-0.2, -0.15) is 11.8 Å². The van der Waals surface area contributed by atoms with Gasteiger partial charge in [0.15, 0.2) is 0 Å². The number of carbonyl (C=O) groups excluding carboxylic acids is 1. The second-order valence-electron chi connectivity index (χ2n) is 2.50. The molecule has 0 fully saturated rings. The van der Waals surface area contributed by atoms with E-state index in [4.69, 9.17) is 6.42 Å². The van der Waals surface area contributed by atoms with Crippen LogP contribution < -0.4 is 10.6 Å². The number of thioether (sulfide) groups is 1. The molecule has 0 rings (SSSR count). The number of carbonyl (C=O) groups is 1. The van der Waals surface area contributed by atoms with Crippen LogP contribution in [-0.4, -0.2) is 37.6 Å². The molecule has 0 saturated carbocycles. The Morgan fingerprint density at radius 3 is 3.00 bits per heavy atom. The van der Waals surface area contributed by atoms with E-state index in [2.05, 4.69) is 22.8 Å². The van der Waals surface area contributed by atoms with Crippen molar-refractivity contribution in [2.24, 2.45) is 0 Å². The minimum Gasteiger partial charge on any atom is -0.355 e. The summed E-state index contributed by atoms with van der Waals surface area (Å²) in [5.41, 5.74) is 0. The van der Waals surface area contributed by atoms with Gasteiger partial charge in [-0.25, -0.2) is 0 Å². The zero-order valence-corrected chi connectivity index (χ0v) is 8.75. The summed E-state index contributed by atoms with van der Waals surface area (Å²) in [6.07, 6.45) is 8.08. The van der Waals surface area contributed by atoms with Gasteiger partial charge in [0, 0.05) is 6.54 Å². The fraction of sp³-hybridized carbons (Fsp3) is 0.667. The highest BCUT2D eigenvalue weighted by Crippen LogP contribution is 1.92. The van der Waals surface area contributed by atoms with E-state index >= 15 is 0 Å². The molecular weight excluding hydrogens is 184 g/mol. The fourth-order valence-corrected chi connectivity index (χ4v) is 1.19.